The minimum Gasteiger partial charge on any atom is -0.493 e. The molecule has 0 radical (unpaired) electrons. The molecular weight excluding hydrogens is 276 g/mol. The van der Waals surface area contributed by atoms with E-state index in [-0.39, 0.29) is 0 Å². The van der Waals surface area contributed by atoms with Crippen molar-refractivity contribution in [3.8, 4) is 5.75 Å². The average molecular weight is 291 g/mol. The molecule has 0 bridgehead atoms. The zero-order valence-electron chi connectivity index (χ0n) is 9.82. The van der Waals surface area contributed by atoms with E-state index in [0.717, 1.165) is 16.6 Å². The zero-order chi connectivity index (χ0) is 12.1. The molecule has 2 aromatic carbocycles. The van der Waals surface area contributed by atoms with Gasteiger partial charge in [-0.2, -0.15) is 0 Å². The maximum absolute atomic E-state index is 5.76. The molecular formula is C15H15BrO. The Bertz CT molecular complexity index is 477. The van der Waals surface area contributed by atoms with Crippen LogP contribution in [0.25, 0.3) is 0 Å². The van der Waals surface area contributed by atoms with Crippen LogP contribution in [-0.2, 0) is 6.42 Å². The van der Waals surface area contributed by atoms with Crippen molar-refractivity contribution < 1.29 is 4.74 Å². The van der Waals surface area contributed by atoms with E-state index in [9.17, 15) is 0 Å². The molecule has 0 unspecified atom stereocenters. The zero-order valence-corrected chi connectivity index (χ0v) is 11.4. The number of ether oxygens (including phenoxy) is 1. The highest BCUT2D eigenvalue weighted by molar-refractivity contribution is 9.10. The molecule has 0 heterocycles. The molecule has 0 aliphatic rings. The van der Waals surface area contributed by atoms with Crippen molar-refractivity contribution >= 4 is 15.9 Å². The monoisotopic (exact) mass is 290 g/mol. The molecule has 0 amide bonds. The Morgan fingerprint density at radius 1 is 1.00 bits per heavy atom. The van der Waals surface area contributed by atoms with Gasteiger partial charge in [0.15, 0.2) is 0 Å². The van der Waals surface area contributed by atoms with E-state index >= 15 is 0 Å². The predicted molar refractivity (Wildman–Crippen MR) is 74.5 cm³/mol. The molecule has 2 aromatic rings. The summed E-state index contributed by atoms with van der Waals surface area (Å²) in [5.74, 6) is 0.976. The molecule has 0 saturated heterocycles. The topological polar surface area (TPSA) is 9.23 Å². The lowest BCUT2D eigenvalue weighted by Gasteiger charge is -2.08. The highest BCUT2D eigenvalue weighted by Crippen LogP contribution is 2.17. The smallest absolute Gasteiger partial charge is 0.122 e. The van der Waals surface area contributed by atoms with Gasteiger partial charge in [0.2, 0.25) is 0 Å². The van der Waals surface area contributed by atoms with Gasteiger partial charge >= 0.3 is 0 Å². The molecule has 0 aliphatic heterocycles. The van der Waals surface area contributed by atoms with E-state index in [1.807, 2.05) is 18.2 Å². The summed E-state index contributed by atoms with van der Waals surface area (Å²) in [6.07, 6.45) is 0.932. The van der Waals surface area contributed by atoms with Crippen LogP contribution in [0.2, 0.25) is 0 Å². The minimum absolute atomic E-state index is 0.715. The summed E-state index contributed by atoms with van der Waals surface area (Å²) >= 11 is 3.43. The molecule has 0 fully saturated rings. The van der Waals surface area contributed by atoms with Crippen molar-refractivity contribution in [2.45, 2.75) is 13.3 Å². The number of hydrogen-bond acceptors (Lipinski definition) is 1. The van der Waals surface area contributed by atoms with Crippen LogP contribution in [0.1, 0.15) is 11.1 Å². The first-order valence-corrected chi connectivity index (χ1v) is 6.48. The minimum atomic E-state index is 0.715. The first kappa shape index (κ1) is 12.2. The number of hydrogen-bond donors (Lipinski definition) is 0. The standard InChI is InChI=1S/C15H15BrO/c1-12-4-2-3-5-15(12)17-11-10-13-6-8-14(16)9-7-13/h2-9H,10-11H2,1H3. The lowest BCUT2D eigenvalue weighted by atomic mass is 10.2. The summed E-state index contributed by atoms with van der Waals surface area (Å²) in [5.41, 5.74) is 2.48. The van der Waals surface area contributed by atoms with Gasteiger partial charge in [0.05, 0.1) is 6.61 Å². The number of halogens is 1. The van der Waals surface area contributed by atoms with Gasteiger partial charge in [-0.1, -0.05) is 46.3 Å². The normalized spacial score (nSPS) is 10.2. The summed E-state index contributed by atoms with van der Waals surface area (Å²) in [6, 6.07) is 16.5. The molecule has 88 valence electrons. The van der Waals surface area contributed by atoms with Gasteiger partial charge in [-0.15, -0.1) is 0 Å². The van der Waals surface area contributed by atoms with Crippen LogP contribution in [0.5, 0.6) is 5.75 Å². The Morgan fingerprint density at radius 2 is 1.71 bits per heavy atom. The average Bonchev–Trinajstić information content (AvgIpc) is 2.34. The molecule has 2 heteroatoms. The van der Waals surface area contributed by atoms with Gasteiger partial charge in [-0.05, 0) is 36.2 Å². The Balaban J connectivity index is 1.88. The van der Waals surface area contributed by atoms with Gasteiger partial charge in [0.25, 0.3) is 0 Å². The molecule has 0 spiro atoms. The highest BCUT2D eigenvalue weighted by atomic mass is 79.9. The van der Waals surface area contributed by atoms with Crippen molar-refractivity contribution in [2.75, 3.05) is 6.61 Å². The van der Waals surface area contributed by atoms with E-state index in [1.165, 1.54) is 11.1 Å². The van der Waals surface area contributed by atoms with Crippen LogP contribution in [0.3, 0.4) is 0 Å². The van der Waals surface area contributed by atoms with Gasteiger partial charge < -0.3 is 4.74 Å². The third-order valence-corrected chi connectivity index (χ3v) is 3.18. The number of aryl methyl sites for hydroxylation is 1. The SMILES string of the molecule is Cc1ccccc1OCCc1ccc(Br)cc1. The Morgan fingerprint density at radius 3 is 2.41 bits per heavy atom. The van der Waals surface area contributed by atoms with Crippen molar-refractivity contribution in [3.63, 3.8) is 0 Å². The van der Waals surface area contributed by atoms with Gasteiger partial charge in [0.1, 0.15) is 5.75 Å². The van der Waals surface area contributed by atoms with Crippen molar-refractivity contribution in [1.29, 1.82) is 0 Å². The summed E-state index contributed by atoms with van der Waals surface area (Å²) in [6.45, 7) is 2.78. The molecule has 0 aliphatic carbocycles. The summed E-state index contributed by atoms with van der Waals surface area (Å²) < 4.78 is 6.87. The maximum Gasteiger partial charge on any atom is 0.122 e. The summed E-state index contributed by atoms with van der Waals surface area (Å²) in [4.78, 5) is 0. The quantitative estimate of drug-likeness (QED) is 0.812. The summed E-state index contributed by atoms with van der Waals surface area (Å²) in [5, 5.41) is 0. The summed E-state index contributed by atoms with van der Waals surface area (Å²) in [7, 11) is 0. The van der Waals surface area contributed by atoms with Crippen molar-refractivity contribution in [1.82, 2.24) is 0 Å². The first-order valence-electron chi connectivity index (χ1n) is 5.68. The second-order valence-electron chi connectivity index (χ2n) is 3.99. The van der Waals surface area contributed by atoms with Crippen LogP contribution in [0, 0.1) is 6.92 Å². The molecule has 0 atom stereocenters. The fourth-order valence-corrected chi connectivity index (χ4v) is 1.91. The van der Waals surface area contributed by atoms with Gasteiger partial charge in [-0.25, -0.2) is 0 Å². The Kier molecular flexibility index (Phi) is 4.21. The van der Waals surface area contributed by atoms with E-state index in [2.05, 4.69) is 53.2 Å². The molecule has 1 nitrogen and oxygen atoms in total. The van der Waals surface area contributed by atoms with Crippen molar-refractivity contribution in [3.05, 3.63) is 64.1 Å². The highest BCUT2D eigenvalue weighted by Gasteiger charge is 1.98. The number of para-hydroxylation sites is 1. The fraction of sp³-hybridized carbons (Fsp3) is 0.200. The van der Waals surface area contributed by atoms with E-state index < -0.39 is 0 Å². The van der Waals surface area contributed by atoms with Crippen LogP contribution in [0.4, 0.5) is 0 Å². The lowest BCUT2D eigenvalue weighted by molar-refractivity contribution is 0.320. The van der Waals surface area contributed by atoms with E-state index in [4.69, 9.17) is 4.74 Å². The van der Waals surface area contributed by atoms with E-state index in [1.54, 1.807) is 0 Å². The molecule has 0 saturated carbocycles. The predicted octanol–water partition coefficient (Wildman–Crippen LogP) is 4.38. The van der Waals surface area contributed by atoms with Crippen LogP contribution in [0.15, 0.2) is 53.0 Å². The second-order valence-corrected chi connectivity index (χ2v) is 4.91. The lowest BCUT2D eigenvalue weighted by Crippen LogP contribution is -2.02. The number of rotatable bonds is 4. The van der Waals surface area contributed by atoms with Crippen LogP contribution >= 0.6 is 15.9 Å². The van der Waals surface area contributed by atoms with Gasteiger partial charge in [0, 0.05) is 10.9 Å². The molecule has 2 rings (SSSR count). The van der Waals surface area contributed by atoms with Gasteiger partial charge in [-0.3, -0.25) is 0 Å². The molecule has 17 heavy (non-hydrogen) atoms. The van der Waals surface area contributed by atoms with Crippen molar-refractivity contribution in [2.24, 2.45) is 0 Å². The Hall–Kier alpha value is -1.28. The van der Waals surface area contributed by atoms with Crippen LogP contribution in [-0.4, -0.2) is 6.61 Å². The third kappa shape index (κ3) is 3.60. The maximum atomic E-state index is 5.76. The molecule has 0 N–H and O–H groups in total. The largest absolute Gasteiger partial charge is 0.493 e. The third-order valence-electron chi connectivity index (χ3n) is 2.66. The number of benzene rings is 2. The fourth-order valence-electron chi connectivity index (χ4n) is 1.65. The molecule has 0 aromatic heterocycles. The Labute approximate surface area is 111 Å². The van der Waals surface area contributed by atoms with Crippen LogP contribution < -0.4 is 4.74 Å². The first-order chi connectivity index (χ1) is 8.25. The van der Waals surface area contributed by atoms with E-state index in [0.29, 0.717) is 6.61 Å². The second kappa shape index (κ2) is 5.87.